The van der Waals surface area contributed by atoms with Gasteiger partial charge in [0.2, 0.25) is 11.9 Å². The van der Waals surface area contributed by atoms with Crippen molar-refractivity contribution < 1.29 is 4.79 Å². The number of carbonyl (C=O) groups is 1. The molecule has 4 rings (SSSR count). The summed E-state index contributed by atoms with van der Waals surface area (Å²) < 4.78 is 0. The Morgan fingerprint density at radius 2 is 1.64 bits per heavy atom. The summed E-state index contributed by atoms with van der Waals surface area (Å²) in [6.07, 6.45) is 6.78. The van der Waals surface area contributed by atoms with Crippen LogP contribution in [0.5, 0.6) is 0 Å². The summed E-state index contributed by atoms with van der Waals surface area (Å²) in [6.45, 7) is 5.26. The number of aliphatic imine (C=N–C) groups is 1. The third kappa shape index (κ3) is 7.02. The number of amides is 1. The molecular formula is C24H34IN7O. The molecule has 2 fully saturated rings. The molecule has 2 aliphatic heterocycles. The van der Waals surface area contributed by atoms with Crippen LogP contribution in [0.2, 0.25) is 0 Å². The van der Waals surface area contributed by atoms with Crippen molar-refractivity contribution in [3.8, 4) is 0 Å². The maximum atomic E-state index is 12.8. The standard InChI is InChI=1S/C24H33N7O.HI/c1-25-23(30-14-16-31(17-15-30)24-26-10-5-11-27-24)28-19-22(32)29-12-8-21(9-13-29)18-20-6-3-2-4-7-20;/h2-7,10-11,21H,8-9,12-19H2,1H3,(H,25,28);1H. The van der Waals surface area contributed by atoms with Gasteiger partial charge in [-0.3, -0.25) is 9.79 Å². The van der Waals surface area contributed by atoms with E-state index >= 15 is 0 Å². The number of piperazine rings is 1. The van der Waals surface area contributed by atoms with Gasteiger partial charge in [-0.2, -0.15) is 0 Å². The molecule has 2 aromatic rings. The topological polar surface area (TPSA) is 77.0 Å². The quantitative estimate of drug-likeness (QED) is 0.342. The largest absolute Gasteiger partial charge is 0.347 e. The summed E-state index contributed by atoms with van der Waals surface area (Å²) in [5.41, 5.74) is 1.39. The van der Waals surface area contributed by atoms with Crippen LogP contribution in [-0.4, -0.2) is 84.5 Å². The van der Waals surface area contributed by atoms with Crippen molar-refractivity contribution in [3.05, 3.63) is 54.4 Å². The summed E-state index contributed by atoms with van der Waals surface area (Å²) in [4.78, 5) is 32.2. The Hall–Kier alpha value is -2.43. The number of carbonyl (C=O) groups excluding carboxylic acids is 1. The first-order valence-corrected chi connectivity index (χ1v) is 11.5. The van der Waals surface area contributed by atoms with Crippen molar-refractivity contribution in [1.82, 2.24) is 25.1 Å². The van der Waals surface area contributed by atoms with Gasteiger partial charge in [-0.15, -0.1) is 24.0 Å². The lowest BCUT2D eigenvalue weighted by Crippen LogP contribution is -2.54. The Morgan fingerprint density at radius 1 is 0.970 bits per heavy atom. The van der Waals surface area contributed by atoms with Crippen molar-refractivity contribution in [3.63, 3.8) is 0 Å². The van der Waals surface area contributed by atoms with Crippen molar-refractivity contribution in [2.45, 2.75) is 19.3 Å². The number of aromatic nitrogens is 2. The van der Waals surface area contributed by atoms with Gasteiger partial charge < -0.3 is 20.0 Å². The molecule has 9 heteroatoms. The Bertz CT molecular complexity index is 880. The first-order valence-electron chi connectivity index (χ1n) is 11.5. The maximum absolute atomic E-state index is 12.8. The smallest absolute Gasteiger partial charge is 0.241 e. The molecule has 1 N–H and O–H groups in total. The first-order chi connectivity index (χ1) is 15.7. The molecule has 3 heterocycles. The van der Waals surface area contributed by atoms with Crippen LogP contribution in [-0.2, 0) is 11.2 Å². The van der Waals surface area contributed by atoms with E-state index in [0.29, 0.717) is 5.92 Å². The normalized spacial score (nSPS) is 17.5. The van der Waals surface area contributed by atoms with Crippen LogP contribution in [0.15, 0.2) is 53.8 Å². The van der Waals surface area contributed by atoms with Gasteiger partial charge in [0.15, 0.2) is 5.96 Å². The minimum absolute atomic E-state index is 0. The number of benzene rings is 1. The van der Waals surface area contributed by atoms with Gasteiger partial charge in [0.25, 0.3) is 0 Å². The lowest BCUT2D eigenvalue weighted by molar-refractivity contribution is -0.131. The van der Waals surface area contributed by atoms with Crippen LogP contribution in [0.1, 0.15) is 18.4 Å². The predicted octanol–water partition coefficient (Wildman–Crippen LogP) is 2.27. The molecule has 0 radical (unpaired) electrons. The number of piperidine rings is 1. The molecule has 33 heavy (non-hydrogen) atoms. The Kier molecular flexibility index (Phi) is 9.71. The van der Waals surface area contributed by atoms with Gasteiger partial charge in [0.05, 0.1) is 6.54 Å². The average molecular weight is 563 g/mol. The van der Waals surface area contributed by atoms with Gasteiger partial charge in [-0.25, -0.2) is 9.97 Å². The third-order valence-corrected chi connectivity index (χ3v) is 6.36. The van der Waals surface area contributed by atoms with Crippen molar-refractivity contribution >= 4 is 41.8 Å². The zero-order chi connectivity index (χ0) is 22.2. The molecule has 1 aromatic heterocycles. The van der Waals surface area contributed by atoms with Crippen LogP contribution in [0.3, 0.4) is 0 Å². The summed E-state index contributed by atoms with van der Waals surface area (Å²) >= 11 is 0. The van der Waals surface area contributed by atoms with E-state index < -0.39 is 0 Å². The second-order valence-electron chi connectivity index (χ2n) is 8.44. The number of halogens is 1. The summed E-state index contributed by atoms with van der Waals surface area (Å²) in [7, 11) is 1.77. The molecule has 0 bridgehead atoms. The summed E-state index contributed by atoms with van der Waals surface area (Å²) in [6, 6.07) is 12.5. The highest BCUT2D eigenvalue weighted by atomic mass is 127. The fourth-order valence-electron chi connectivity index (χ4n) is 4.51. The molecule has 0 spiro atoms. The molecule has 0 aliphatic carbocycles. The second kappa shape index (κ2) is 12.7. The monoisotopic (exact) mass is 563 g/mol. The van der Waals surface area contributed by atoms with Gasteiger partial charge >= 0.3 is 0 Å². The van der Waals surface area contributed by atoms with Crippen LogP contribution in [0.25, 0.3) is 0 Å². The molecule has 178 valence electrons. The average Bonchev–Trinajstić information content (AvgIpc) is 2.86. The molecule has 0 unspecified atom stereocenters. The molecule has 2 saturated heterocycles. The molecule has 1 amide bonds. The van der Waals surface area contributed by atoms with Crippen LogP contribution in [0.4, 0.5) is 5.95 Å². The molecule has 8 nitrogen and oxygen atoms in total. The molecular weight excluding hydrogens is 529 g/mol. The number of nitrogens with zero attached hydrogens (tertiary/aromatic N) is 6. The Balaban J connectivity index is 0.00000306. The fourth-order valence-corrected chi connectivity index (χ4v) is 4.51. The zero-order valence-electron chi connectivity index (χ0n) is 19.3. The SMILES string of the molecule is CN=C(NCC(=O)N1CCC(Cc2ccccc2)CC1)N1CCN(c2ncccn2)CC1.I. The van der Waals surface area contributed by atoms with Crippen molar-refractivity contribution in [2.75, 3.05) is 57.8 Å². The highest BCUT2D eigenvalue weighted by molar-refractivity contribution is 14.0. The van der Waals surface area contributed by atoms with E-state index in [9.17, 15) is 4.79 Å². The maximum Gasteiger partial charge on any atom is 0.241 e. The van der Waals surface area contributed by atoms with Crippen LogP contribution >= 0.6 is 24.0 Å². The molecule has 1 aromatic carbocycles. The van der Waals surface area contributed by atoms with E-state index in [0.717, 1.165) is 70.4 Å². The van der Waals surface area contributed by atoms with Crippen LogP contribution in [0, 0.1) is 5.92 Å². The van der Waals surface area contributed by atoms with E-state index in [1.165, 1.54) is 5.56 Å². The lowest BCUT2D eigenvalue weighted by atomic mass is 9.90. The van der Waals surface area contributed by atoms with E-state index in [1.54, 1.807) is 19.4 Å². The number of rotatable bonds is 5. The highest BCUT2D eigenvalue weighted by Gasteiger charge is 2.25. The van der Waals surface area contributed by atoms with Gasteiger partial charge in [-0.1, -0.05) is 30.3 Å². The Morgan fingerprint density at radius 3 is 2.27 bits per heavy atom. The molecule has 0 saturated carbocycles. The molecule has 2 aliphatic rings. The fraction of sp³-hybridized carbons (Fsp3) is 0.500. The van der Waals surface area contributed by atoms with Gasteiger partial charge in [0, 0.05) is 58.7 Å². The highest BCUT2D eigenvalue weighted by Crippen LogP contribution is 2.21. The Labute approximate surface area is 213 Å². The lowest BCUT2D eigenvalue weighted by Gasteiger charge is -2.37. The minimum atomic E-state index is 0. The number of likely N-dealkylation sites (tertiary alicyclic amines) is 1. The number of hydrogen-bond acceptors (Lipinski definition) is 5. The van der Waals surface area contributed by atoms with Crippen LogP contribution < -0.4 is 10.2 Å². The van der Waals surface area contributed by atoms with Crippen molar-refractivity contribution in [1.29, 1.82) is 0 Å². The third-order valence-electron chi connectivity index (χ3n) is 6.36. The van der Waals surface area contributed by atoms with Crippen molar-refractivity contribution in [2.24, 2.45) is 10.9 Å². The number of nitrogens with one attached hydrogen (secondary N) is 1. The van der Waals surface area contributed by atoms with Gasteiger partial charge in [0.1, 0.15) is 0 Å². The van der Waals surface area contributed by atoms with E-state index in [4.69, 9.17) is 0 Å². The molecule has 0 atom stereocenters. The van der Waals surface area contributed by atoms with E-state index in [-0.39, 0.29) is 36.4 Å². The summed E-state index contributed by atoms with van der Waals surface area (Å²) in [5, 5.41) is 3.28. The zero-order valence-corrected chi connectivity index (χ0v) is 21.6. The number of anilines is 1. The summed E-state index contributed by atoms with van der Waals surface area (Å²) in [5.74, 6) is 2.36. The van der Waals surface area contributed by atoms with Gasteiger partial charge in [-0.05, 0) is 36.8 Å². The minimum Gasteiger partial charge on any atom is -0.347 e. The van der Waals surface area contributed by atoms with E-state index in [1.807, 2.05) is 11.0 Å². The predicted molar refractivity (Wildman–Crippen MR) is 142 cm³/mol. The number of guanidine groups is 1. The second-order valence-corrected chi connectivity index (χ2v) is 8.44. The first kappa shape index (κ1) is 25.2. The van der Waals surface area contributed by atoms with E-state index in [2.05, 4.69) is 60.4 Å². The number of hydrogen-bond donors (Lipinski definition) is 1.